The normalized spacial score (nSPS) is 11.4. The lowest BCUT2D eigenvalue weighted by atomic mass is 10.4. The Balaban J connectivity index is 2.57. The van der Waals surface area contributed by atoms with Crippen LogP contribution in [0.5, 0.6) is 5.88 Å². The number of nitrogens with one attached hydrogen (secondary N) is 1. The molecular weight excluding hydrogens is 247 g/mol. The zero-order valence-corrected chi connectivity index (χ0v) is 10.3. The van der Waals surface area contributed by atoms with Gasteiger partial charge in [0.1, 0.15) is 11.6 Å². The molecule has 4 nitrogen and oxygen atoms in total. The number of hydrogen-bond acceptors (Lipinski definition) is 4. The van der Waals surface area contributed by atoms with Crippen LogP contribution in [0.2, 0.25) is 0 Å². The van der Waals surface area contributed by atoms with Crippen LogP contribution in [0.4, 0.5) is 19.0 Å². The van der Waals surface area contributed by atoms with E-state index >= 15 is 0 Å². The molecule has 7 heteroatoms. The summed E-state index contributed by atoms with van der Waals surface area (Å²) < 4.78 is 40.8. The van der Waals surface area contributed by atoms with Crippen molar-refractivity contribution in [3.8, 4) is 5.88 Å². The summed E-state index contributed by atoms with van der Waals surface area (Å²) in [6, 6.07) is 1.50. The number of hydrogen-bond donors (Lipinski definition) is 1. The summed E-state index contributed by atoms with van der Waals surface area (Å²) in [4.78, 5) is 8.02. The number of nitrogens with zero attached hydrogens (tertiary/aromatic N) is 2. The highest BCUT2D eigenvalue weighted by molar-refractivity contribution is 5.38. The zero-order chi connectivity index (χ0) is 13.6. The molecule has 102 valence electrons. The van der Waals surface area contributed by atoms with E-state index in [2.05, 4.69) is 15.3 Å². The van der Waals surface area contributed by atoms with E-state index in [1.54, 1.807) is 6.92 Å². The summed E-state index contributed by atoms with van der Waals surface area (Å²) in [6.45, 7) is 3.96. The van der Waals surface area contributed by atoms with Crippen molar-refractivity contribution in [3.05, 3.63) is 11.9 Å². The molecule has 0 radical (unpaired) electrons. The molecule has 0 fully saturated rings. The first-order valence-corrected chi connectivity index (χ1v) is 5.70. The van der Waals surface area contributed by atoms with Crippen molar-refractivity contribution in [3.63, 3.8) is 0 Å². The molecule has 0 saturated heterocycles. The van der Waals surface area contributed by atoms with Crippen LogP contribution in [0, 0.1) is 6.92 Å². The van der Waals surface area contributed by atoms with Gasteiger partial charge in [-0.05, 0) is 13.3 Å². The second-order valence-electron chi connectivity index (χ2n) is 3.78. The largest absolute Gasteiger partial charge is 0.477 e. The van der Waals surface area contributed by atoms with Gasteiger partial charge in [-0.1, -0.05) is 6.92 Å². The fraction of sp³-hybridized carbons (Fsp3) is 0.636. The van der Waals surface area contributed by atoms with Gasteiger partial charge in [-0.2, -0.15) is 18.2 Å². The standard InChI is InChI=1S/C11H16F3N3O/c1-3-5-15-9-7-10(17-8(2)16-9)18-6-4-11(12,13)14/h7H,3-6H2,1-2H3,(H,15,16,17). The number of halogens is 3. The monoisotopic (exact) mass is 263 g/mol. The molecule has 1 N–H and O–H groups in total. The van der Waals surface area contributed by atoms with Crippen LogP contribution < -0.4 is 10.1 Å². The molecule has 0 aromatic carbocycles. The van der Waals surface area contributed by atoms with Gasteiger partial charge in [-0.15, -0.1) is 0 Å². The molecular formula is C11H16F3N3O. The first-order chi connectivity index (χ1) is 8.40. The Hall–Kier alpha value is -1.53. The van der Waals surface area contributed by atoms with E-state index < -0.39 is 19.2 Å². The zero-order valence-electron chi connectivity index (χ0n) is 10.3. The minimum atomic E-state index is -4.22. The van der Waals surface area contributed by atoms with Gasteiger partial charge in [0.2, 0.25) is 5.88 Å². The summed E-state index contributed by atoms with van der Waals surface area (Å²) in [5, 5.41) is 3.03. The fourth-order valence-corrected chi connectivity index (χ4v) is 1.23. The fourth-order valence-electron chi connectivity index (χ4n) is 1.23. The molecule has 1 heterocycles. The Morgan fingerprint density at radius 3 is 2.67 bits per heavy atom. The van der Waals surface area contributed by atoms with Gasteiger partial charge in [0, 0.05) is 12.6 Å². The smallest absolute Gasteiger partial charge is 0.392 e. The maximum absolute atomic E-state index is 12.0. The van der Waals surface area contributed by atoms with Crippen molar-refractivity contribution in [1.29, 1.82) is 0 Å². The first-order valence-electron chi connectivity index (χ1n) is 5.70. The highest BCUT2D eigenvalue weighted by Crippen LogP contribution is 2.20. The maximum Gasteiger partial charge on any atom is 0.392 e. The van der Waals surface area contributed by atoms with Gasteiger partial charge < -0.3 is 10.1 Å². The van der Waals surface area contributed by atoms with Crippen molar-refractivity contribution >= 4 is 5.82 Å². The van der Waals surface area contributed by atoms with E-state index in [1.807, 2.05) is 6.92 Å². The van der Waals surface area contributed by atoms with Crippen LogP contribution in [0.3, 0.4) is 0 Å². The molecule has 1 aromatic heterocycles. The maximum atomic E-state index is 12.0. The number of aryl methyl sites for hydroxylation is 1. The van der Waals surface area contributed by atoms with E-state index in [0.717, 1.165) is 13.0 Å². The van der Waals surface area contributed by atoms with Gasteiger partial charge in [0.05, 0.1) is 13.0 Å². The Morgan fingerprint density at radius 2 is 2.06 bits per heavy atom. The van der Waals surface area contributed by atoms with E-state index in [-0.39, 0.29) is 5.88 Å². The topological polar surface area (TPSA) is 47.0 Å². The minimum Gasteiger partial charge on any atom is -0.477 e. The van der Waals surface area contributed by atoms with E-state index in [9.17, 15) is 13.2 Å². The van der Waals surface area contributed by atoms with E-state index in [0.29, 0.717) is 11.6 Å². The SMILES string of the molecule is CCCNc1cc(OCCC(F)(F)F)nc(C)n1. The molecule has 1 aromatic rings. The summed E-state index contributed by atoms with van der Waals surface area (Å²) in [5.41, 5.74) is 0. The summed E-state index contributed by atoms with van der Waals surface area (Å²) in [7, 11) is 0. The van der Waals surface area contributed by atoms with Gasteiger partial charge in [0.15, 0.2) is 0 Å². The molecule has 0 amide bonds. The number of ether oxygens (including phenoxy) is 1. The number of anilines is 1. The molecule has 0 saturated carbocycles. The quantitative estimate of drug-likeness (QED) is 0.857. The molecule has 0 atom stereocenters. The van der Waals surface area contributed by atoms with Crippen LogP contribution in [0.1, 0.15) is 25.6 Å². The molecule has 18 heavy (non-hydrogen) atoms. The number of alkyl halides is 3. The molecule has 0 aliphatic rings. The van der Waals surface area contributed by atoms with Crippen LogP contribution in [-0.2, 0) is 0 Å². The van der Waals surface area contributed by atoms with Crippen LogP contribution in [0.25, 0.3) is 0 Å². The predicted molar refractivity (Wildman–Crippen MR) is 61.7 cm³/mol. The van der Waals surface area contributed by atoms with Crippen molar-refractivity contribution in [2.24, 2.45) is 0 Å². The third-order valence-corrected chi connectivity index (χ3v) is 2.01. The van der Waals surface area contributed by atoms with Crippen LogP contribution in [0.15, 0.2) is 6.07 Å². The molecule has 0 aliphatic heterocycles. The van der Waals surface area contributed by atoms with Crippen LogP contribution >= 0.6 is 0 Å². The highest BCUT2D eigenvalue weighted by atomic mass is 19.4. The lowest BCUT2D eigenvalue weighted by molar-refractivity contribution is -0.139. The average Bonchev–Trinajstić information content (AvgIpc) is 2.24. The first kappa shape index (κ1) is 14.5. The van der Waals surface area contributed by atoms with Gasteiger partial charge in [-0.3, -0.25) is 0 Å². The summed E-state index contributed by atoms with van der Waals surface area (Å²) in [6.07, 6.45) is -4.29. The van der Waals surface area contributed by atoms with Crippen molar-refractivity contribution in [2.75, 3.05) is 18.5 Å². The van der Waals surface area contributed by atoms with Gasteiger partial charge >= 0.3 is 6.18 Å². The lowest BCUT2D eigenvalue weighted by Crippen LogP contribution is -2.14. The third-order valence-electron chi connectivity index (χ3n) is 2.01. The molecule has 0 spiro atoms. The number of aromatic nitrogens is 2. The minimum absolute atomic E-state index is 0.158. The van der Waals surface area contributed by atoms with Crippen LogP contribution in [-0.4, -0.2) is 29.3 Å². The lowest BCUT2D eigenvalue weighted by Gasteiger charge is -2.10. The van der Waals surface area contributed by atoms with Crippen molar-refractivity contribution < 1.29 is 17.9 Å². The van der Waals surface area contributed by atoms with Gasteiger partial charge in [-0.25, -0.2) is 4.98 Å². The molecule has 0 bridgehead atoms. The van der Waals surface area contributed by atoms with E-state index in [1.165, 1.54) is 6.07 Å². The Bertz CT molecular complexity index is 382. The predicted octanol–water partition coefficient (Wildman–Crippen LogP) is 2.94. The van der Waals surface area contributed by atoms with Crippen molar-refractivity contribution in [1.82, 2.24) is 9.97 Å². The second-order valence-corrected chi connectivity index (χ2v) is 3.78. The molecule has 1 rings (SSSR count). The summed E-state index contributed by atoms with van der Waals surface area (Å²) >= 11 is 0. The second kappa shape index (κ2) is 6.42. The van der Waals surface area contributed by atoms with Crippen molar-refractivity contribution in [2.45, 2.75) is 32.9 Å². The number of rotatable bonds is 6. The Labute approximate surface area is 104 Å². The molecule has 0 unspecified atom stereocenters. The Morgan fingerprint density at radius 1 is 1.33 bits per heavy atom. The highest BCUT2D eigenvalue weighted by Gasteiger charge is 2.26. The Kier molecular flexibility index (Phi) is 5.18. The van der Waals surface area contributed by atoms with E-state index in [4.69, 9.17) is 4.74 Å². The average molecular weight is 263 g/mol. The molecule has 0 aliphatic carbocycles. The third kappa shape index (κ3) is 5.70. The van der Waals surface area contributed by atoms with Gasteiger partial charge in [0.25, 0.3) is 0 Å². The summed E-state index contributed by atoms with van der Waals surface area (Å²) in [5.74, 6) is 1.18.